The molecule has 24 heavy (non-hydrogen) atoms. The zero-order valence-corrected chi connectivity index (χ0v) is 14.7. The normalized spacial score (nSPS) is 27.3. The van der Waals surface area contributed by atoms with Crippen LogP contribution in [0.4, 0.5) is 0 Å². The molecule has 2 aliphatic heterocycles. The van der Waals surface area contributed by atoms with Gasteiger partial charge in [-0.05, 0) is 18.9 Å². The van der Waals surface area contributed by atoms with Crippen molar-refractivity contribution in [2.75, 3.05) is 40.5 Å². The number of hydrogen-bond acceptors (Lipinski definition) is 6. The molecular weight excluding hydrogens is 308 g/mol. The van der Waals surface area contributed by atoms with Gasteiger partial charge in [-0.25, -0.2) is 4.98 Å². The van der Waals surface area contributed by atoms with E-state index in [-0.39, 0.29) is 5.60 Å². The van der Waals surface area contributed by atoms with Crippen LogP contribution in [0, 0.1) is 0 Å². The van der Waals surface area contributed by atoms with Crippen molar-refractivity contribution < 1.29 is 19.3 Å². The molecule has 6 nitrogen and oxygen atoms in total. The summed E-state index contributed by atoms with van der Waals surface area (Å²) in [5, 5.41) is 10.7. The van der Waals surface area contributed by atoms with Crippen LogP contribution >= 0.6 is 0 Å². The highest BCUT2D eigenvalue weighted by Crippen LogP contribution is 2.39. The molecule has 0 aromatic carbocycles. The molecule has 1 atom stereocenters. The van der Waals surface area contributed by atoms with Crippen molar-refractivity contribution in [3.63, 3.8) is 0 Å². The summed E-state index contributed by atoms with van der Waals surface area (Å²) in [6, 6.07) is 5.87. The highest BCUT2D eigenvalue weighted by molar-refractivity contribution is 5.15. The molecule has 6 heteroatoms. The van der Waals surface area contributed by atoms with Gasteiger partial charge in [0, 0.05) is 45.7 Å². The van der Waals surface area contributed by atoms with E-state index < -0.39 is 5.60 Å². The fraction of sp³-hybridized carbons (Fsp3) is 0.722. The summed E-state index contributed by atoms with van der Waals surface area (Å²) in [5.41, 5.74) is 0.0682. The lowest BCUT2D eigenvalue weighted by atomic mass is 9.77. The van der Waals surface area contributed by atoms with Crippen molar-refractivity contribution in [3.05, 3.63) is 23.9 Å². The van der Waals surface area contributed by atoms with Crippen molar-refractivity contribution in [2.24, 2.45) is 0 Å². The molecule has 1 spiro atoms. The lowest BCUT2D eigenvalue weighted by molar-refractivity contribution is -0.191. The minimum atomic E-state index is -0.747. The van der Waals surface area contributed by atoms with Gasteiger partial charge in [0.1, 0.15) is 0 Å². The molecule has 1 aromatic heterocycles. The van der Waals surface area contributed by atoms with E-state index in [1.54, 1.807) is 14.2 Å². The van der Waals surface area contributed by atoms with Crippen LogP contribution in [-0.2, 0) is 16.0 Å². The second-order valence-electron chi connectivity index (χ2n) is 7.06. The molecule has 0 saturated carbocycles. The molecule has 3 rings (SSSR count). The molecule has 2 aliphatic rings. The van der Waals surface area contributed by atoms with E-state index in [1.165, 1.54) is 0 Å². The van der Waals surface area contributed by atoms with Gasteiger partial charge in [0.05, 0.1) is 37.2 Å². The summed E-state index contributed by atoms with van der Waals surface area (Å²) >= 11 is 0. The number of aliphatic hydroxyl groups is 1. The van der Waals surface area contributed by atoms with Gasteiger partial charge in [-0.15, -0.1) is 0 Å². The quantitative estimate of drug-likeness (QED) is 0.881. The Balaban J connectivity index is 1.57. The van der Waals surface area contributed by atoms with Crippen molar-refractivity contribution in [1.29, 1.82) is 0 Å². The Morgan fingerprint density at radius 1 is 1.25 bits per heavy atom. The van der Waals surface area contributed by atoms with Crippen LogP contribution in [0.1, 0.15) is 31.4 Å². The van der Waals surface area contributed by atoms with Gasteiger partial charge in [0.25, 0.3) is 0 Å². The van der Waals surface area contributed by atoms with E-state index >= 15 is 0 Å². The second kappa shape index (κ2) is 7.35. The molecule has 0 bridgehead atoms. The topological polar surface area (TPSA) is 64.0 Å². The van der Waals surface area contributed by atoms with Crippen molar-refractivity contribution >= 4 is 0 Å². The Hall–Kier alpha value is -1.21. The Morgan fingerprint density at radius 3 is 2.75 bits per heavy atom. The minimum absolute atomic E-state index is 0.205. The summed E-state index contributed by atoms with van der Waals surface area (Å²) in [4.78, 5) is 6.87. The maximum Gasteiger partial charge on any atom is 0.213 e. The van der Waals surface area contributed by atoms with E-state index in [1.807, 2.05) is 18.2 Å². The van der Waals surface area contributed by atoms with Crippen LogP contribution in [0.3, 0.4) is 0 Å². The van der Waals surface area contributed by atoms with E-state index in [9.17, 15) is 5.11 Å². The van der Waals surface area contributed by atoms with E-state index in [2.05, 4.69) is 9.88 Å². The van der Waals surface area contributed by atoms with Crippen LogP contribution in [0.25, 0.3) is 0 Å². The van der Waals surface area contributed by atoms with Crippen LogP contribution in [0.2, 0.25) is 0 Å². The zero-order chi connectivity index (χ0) is 17.0. The maximum absolute atomic E-state index is 10.7. The molecule has 3 heterocycles. The molecule has 1 N–H and O–H groups in total. The number of nitrogens with zero attached hydrogens (tertiary/aromatic N) is 2. The average Bonchev–Trinajstić information content (AvgIpc) is 2.57. The van der Waals surface area contributed by atoms with Gasteiger partial charge in [-0.2, -0.15) is 0 Å². The number of aromatic nitrogens is 1. The smallest absolute Gasteiger partial charge is 0.213 e. The van der Waals surface area contributed by atoms with E-state index in [4.69, 9.17) is 14.2 Å². The van der Waals surface area contributed by atoms with E-state index in [0.29, 0.717) is 31.9 Å². The monoisotopic (exact) mass is 336 g/mol. The van der Waals surface area contributed by atoms with Gasteiger partial charge >= 0.3 is 0 Å². The van der Waals surface area contributed by atoms with Crippen LogP contribution in [0.5, 0.6) is 5.88 Å². The summed E-state index contributed by atoms with van der Waals surface area (Å²) in [7, 11) is 3.28. The van der Waals surface area contributed by atoms with Gasteiger partial charge in [-0.1, -0.05) is 6.07 Å². The summed E-state index contributed by atoms with van der Waals surface area (Å²) in [5.74, 6) is 0.654. The number of pyridine rings is 1. The fourth-order valence-corrected chi connectivity index (χ4v) is 3.92. The zero-order valence-electron chi connectivity index (χ0n) is 14.7. The average molecular weight is 336 g/mol. The Morgan fingerprint density at radius 2 is 2.04 bits per heavy atom. The summed E-state index contributed by atoms with van der Waals surface area (Å²) in [6.45, 7) is 3.70. The molecular formula is C18H28N2O4. The fourth-order valence-electron chi connectivity index (χ4n) is 3.92. The first-order valence-corrected chi connectivity index (χ1v) is 8.64. The first-order chi connectivity index (χ1) is 11.6. The number of hydrogen-bond donors (Lipinski definition) is 1. The number of methoxy groups -OCH3 is 2. The van der Waals surface area contributed by atoms with Crippen molar-refractivity contribution in [3.8, 4) is 5.88 Å². The highest BCUT2D eigenvalue weighted by atomic mass is 16.5. The molecule has 2 fully saturated rings. The second-order valence-corrected chi connectivity index (χ2v) is 7.06. The number of likely N-dealkylation sites (tertiary alicyclic amines) is 1. The molecule has 1 aromatic rings. The molecule has 1 unspecified atom stereocenters. The van der Waals surface area contributed by atoms with Crippen molar-refractivity contribution in [2.45, 2.75) is 43.4 Å². The number of ether oxygens (including phenoxy) is 3. The van der Waals surface area contributed by atoms with E-state index in [0.717, 1.165) is 38.2 Å². The Kier molecular flexibility index (Phi) is 5.39. The first kappa shape index (κ1) is 17.6. The first-order valence-electron chi connectivity index (χ1n) is 8.64. The third kappa shape index (κ3) is 4.06. The standard InChI is InChI=1S/C18H28N2O4/c1-22-14-17(21)8-11-24-18(13-17)6-9-20(10-7-18)12-15-4-3-5-16(19-15)23-2/h3-5,21H,6-14H2,1-2H3. The number of rotatable bonds is 5. The Bertz CT molecular complexity index is 542. The van der Waals surface area contributed by atoms with Gasteiger partial charge < -0.3 is 19.3 Å². The van der Waals surface area contributed by atoms with Gasteiger partial charge in [0.2, 0.25) is 5.88 Å². The summed E-state index contributed by atoms with van der Waals surface area (Å²) < 4.78 is 16.5. The third-order valence-electron chi connectivity index (χ3n) is 5.18. The van der Waals surface area contributed by atoms with Crippen molar-refractivity contribution in [1.82, 2.24) is 9.88 Å². The molecule has 0 radical (unpaired) electrons. The molecule has 134 valence electrons. The molecule has 2 saturated heterocycles. The SMILES string of the molecule is COCC1(O)CCOC2(CCN(Cc3cccc(OC)n3)CC2)C1. The van der Waals surface area contributed by atoms with Crippen LogP contribution < -0.4 is 4.74 Å². The molecule has 0 amide bonds. The third-order valence-corrected chi connectivity index (χ3v) is 5.18. The predicted octanol–water partition coefficient (Wildman–Crippen LogP) is 1.61. The largest absolute Gasteiger partial charge is 0.481 e. The number of piperidine rings is 1. The van der Waals surface area contributed by atoms with Crippen LogP contribution in [0.15, 0.2) is 18.2 Å². The maximum atomic E-state index is 10.7. The molecule has 0 aliphatic carbocycles. The Labute approximate surface area is 143 Å². The minimum Gasteiger partial charge on any atom is -0.481 e. The predicted molar refractivity (Wildman–Crippen MR) is 90.0 cm³/mol. The lowest BCUT2D eigenvalue weighted by Gasteiger charge is -2.49. The van der Waals surface area contributed by atoms with Crippen LogP contribution in [-0.4, -0.2) is 66.7 Å². The van der Waals surface area contributed by atoms with Gasteiger partial charge in [0.15, 0.2) is 0 Å². The van der Waals surface area contributed by atoms with Gasteiger partial charge in [-0.3, -0.25) is 4.90 Å². The lowest BCUT2D eigenvalue weighted by Crippen LogP contribution is -2.55. The highest BCUT2D eigenvalue weighted by Gasteiger charge is 2.46. The summed E-state index contributed by atoms with van der Waals surface area (Å²) in [6.07, 6.45) is 3.19.